The number of nitrogens with one attached hydrogen (secondary N) is 1. The minimum atomic E-state index is -2.52. The van der Waals surface area contributed by atoms with Crippen molar-refractivity contribution >= 4 is 5.82 Å². The van der Waals surface area contributed by atoms with E-state index in [0.717, 1.165) is 0 Å². The SMILES string of the molecule is CCc1c(N)n[nH]c1C(F)F. The van der Waals surface area contributed by atoms with E-state index in [1.165, 1.54) is 0 Å². The van der Waals surface area contributed by atoms with Gasteiger partial charge in [0.15, 0.2) is 0 Å². The molecule has 0 saturated heterocycles. The lowest BCUT2D eigenvalue weighted by Gasteiger charge is -1.97. The fourth-order valence-electron chi connectivity index (χ4n) is 0.945. The zero-order valence-electron chi connectivity index (χ0n) is 6.06. The van der Waals surface area contributed by atoms with Crippen LogP contribution in [0.5, 0.6) is 0 Å². The summed E-state index contributed by atoms with van der Waals surface area (Å²) in [6.45, 7) is 1.76. The van der Waals surface area contributed by atoms with Crippen LogP contribution in [-0.4, -0.2) is 10.2 Å². The molecular formula is C6H9F2N3. The highest BCUT2D eigenvalue weighted by Crippen LogP contribution is 2.24. The number of aromatic amines is 1. The smallest absolute Gasteiger partial charge is 0.280 e. The van der Waals surface area contributed by atoms with Crippen LogP contribution < -0.4 is 5.73 Å². The number of nitrogen functional groups attached to an aromatic ring is 1. The standard InChI is InChI=1S/C6H9F2N3/c1-2-3-4(5(7)8)10-11-6(3)9/h5H,2H2,1H3,(H3,9,10,11). The third-order valence-corrected chi connectivity index (χ3v) is 1.50. The molecule has 0 fully saturated rings. The van der Waals surface area contributed by atoms with Gasteiger partial charge in [-0.2, -0.15) is 5.10 Å². The molecule has 5 heteroatoms. The molecule has 0 saturated carbocycles. The number of hydrogen-bond donors (Lipinski definition) is 2. The number of H-pyrrole nitrogens is 1. The highest BCUT2D eigenvalue weighted by Gasteiger charge is 2.16. The summed E-state index contributed by atoms with van der Waals surface area (Å²) in [7, 11) is 0. The Labute approximate surface area is 62.6 Å². The van der Waals surface area contributed by atoms with Crippen LogP contribution in [0.3, 0.4) is 0 Å². The van der Waals surface area contributed by atoms with Gasteiger partial charge in [-0.05, 0) is 6.42 Å². The first-order chi connectivity index (χ1) is 5.16. The van der Waals surface area contributed by atoms with Crippen LogP contribution in [0.25, 0.3) is 0 Å². The fraction of sp³-hybridized carbons (Fsp3) is 0.500. The normalized spacial score (nSPS) is 10.9. The summed E-state index contributed by atoms with van der Waals surface area (Å²) >= 11 is 0. The zero-order valence-corrected chi connectivity index (χ0v) is 6.06. The maximum absolute atomic E-state index is 12.1. The van der Waals surface area contributed by atoms with Crippen LogP contribution in [0.15, 0.2) is 0 Å². The highest BCUT2D eigenvalue weighted by molar-refractivity contribution is 5.42. The molecule has 0 radical (unpaired) electrons. The Morgan fingerprint density at radius 1 is 1.64 bits per heavy atom. The van der Waals surface area contributed by atoms with Gasteiger partial charge in [0.25, 0.3) is 6.43 Å². The van der Waals surface area contributed by atoms with Crippen molar-refractivity contribution in [2.24, 2.45) is 0 Å². The van der Waals surface area contributed by atoms with E-state index in [2.05, 4.69) is 10.2 Å². The van der Waals surface area contributed by atoms with Crippen LogP contribution in [0, 0.1) is 0 Å². The Hall–Kier alpha value is -1.13. The van der Waals surface area contributed by atoms with E-state index in [-0.39, 0.29) is 11.5 Å². The first-order valence-corrected chi connectivity index (χ1v) is 3.27. The lowest BCUT2D eigenvalue weighted by Crippen LogP contribution is -1.93. The average molecular weight is 161 g/mol. The van der Waals surface area contributed by atoms with E-state index in [1.807, 2.05) is 0 Å². The number of nitrogens with zero attached hydrogens (tertiary/aromatic N) is 1. The number of alkyl halides is 2. The van der Waals surface area contributed by atoms with Gasteiger partial charge in [0, 0.05) is 5.56 Å². The van der Waals surface area contributed by atoms with Crippen molar-refractivity contribution in [3.63, 3.8) is 0 Å². The van der Waals surface area contributed by atoms with Gasteiger partial charge in [-0.1, -0.05) is 6.92 Å². The second-order valence-electron chi connectivity index (χ2n) is 2.16. The van der Waals surface area contributed by atoms with Gasteiger partial charge in [-0.3, -0.25) is 5.10 Å². The van der Waals surface area contributed by atoms with Crippen molar-refractivity contribution in [2.75, 3.05) is 5.73 Å². The summed E-state index contributed by atoms with van der Waals surface area (Å²) in [6.07, 6.45) is -2.04. The number of aromatic nitrogens is 2. The molecule has 0 bridgehead atoms. The molecule has 3 nitrogen and oxygen atoms in total. The molecule has 0 aliphatic rings. The maximum Gasteiger partial charge on any atom is 0.280 e. The molecule has 1 rings (SSSR count). The summed E-state index contributed by atoms with van der Waals surface area (Å²) in [5.74, 6) is 0.169. The highest BCUT2D eigenvalue weighted by atomic mass is 19.3. The van der Waals surface area contributed by atoms with Crippen LogP contribution in [0.4, 0.5) is 14.6 Å². The molecule has 11 heavy (non-hydrogen) atoms. The van der Waals surface area contributed by atoms with Gasteiger partial charge in [0.05, 0.1) is 0 Å². The van der Waals surface area contributed by atoms with E-state index in [4.69, 9.17) is 5.73 Å². The van der Waals surface area contributed by atoms with Crippen molar-refractivity contribution in [3.8, 4) is 0 Å². The van der Waals surface area contributed by atoms with Crippen molar-refractivity contribution in [2.45, 2.75) is 19.8 Å². The number of rotatable bonds is 2. The number of nitrogens with two attached hydrogens (primary N) is 1. The van der Waals surface area contributed by atoms with Gasteiger partial charge in [-0.15, -0.1) is 0 Å². The topological polar surface area (TPSA) is 54.7 Å². The van der Waals surface area contributed by atoms with Crippen molar-refractivity contribution in [1.82, 2.24) is 10.2 Å². The maximum atomic E-state index is 12.1. The van der Waals surface area contributed by atoms with Gasteiger partial charge < -0.3 is 5.73 Å². The molecular weight excluding hydrogens is 152 g/mol. The molecule has 0 aromatic carbocycles. The van der Waals surface area contributed by atoms with Crippen molar-refractivity contribution < 1.29 is 8.78 Å². The zero-order chi connectivity index (χ0) is 8.43. The van der Waals surface area contributed by atoms with Crippen LogP contribution in [0.1, 0.15) is 24.6 Å². The van der Waals surface area contributed by atoms with Gasteiger partial charge in [0.1, 0.15) is 11.5 Å². The van der Waals surface area contributed by atoms with E-state index in [1.54, 1.807) is 6.92 Å². The number of halogens is 2. The monoisotopic (exact) mass is 161 g/mol. The first kappa shape index (κ1) is 7.97. The molecule has 1 aromatic rings. The van der Waals surface area contributed by atoms with Gasteiger partial charge >= 0.3 is 0 Å². The summed E-state index contributed by atoms with van der Waals surface area (Å²) in [5.41, 5.74) is 5.57. The molecule has 62 valence electrons. The fourth-order valence-corrected chi connectivity index (χ4v) is 0.945. The molecule has 0 aliphatic heterocycles. The second-order valence-corrected chi connectivity index (χ2v) is 2.16. The summed E-state index contributed by atoms with van der Waals surface area (Å²) < 4.78 is 24.2. The molecule has 1 heterocycles. The van der Waals surface area contributed by atoms with Gasteiger partial charge in [0.2, 0.25) is 0 Å². The number of anilines is 1. The van der Waals surface area contributed by atoms with Crippen molar-refractivity contribution in [3.05, 3.63) is 11.3 Å². The van der Waals surface area contributed by atoms with Crippen LogP contribution in [0.2, 0.25) is 0 Å². The molecule has 0 unspecified atom stereocenters. The molecule has 0 atom stereocenters. The molecule has 0 aliphatic carbocycles. The van der Waals surface area contributed by atoms with Gasteiger partial charge in [-0.25, -0.2) is 8.78 Å². The van der Waals surface area contributed by atoms with Crippen LogP contribution >= 0.6 is 0 Å². The van der Waals surface area contributed by atoms with Crippen molar-refractivity contribution in [1.29, 1.82) is 0 Å². The van der Waals surface area contributed by atoms with E-state index >= 15 is 0 Å². The molecule has 1 aromatic heterocycles. The summed E-state index contributed by atoms with van der Waals surface area (Å²) in [5, 5.41) is 5.68. The molecule has 0 amide bonds. The Kier molecular flexibility index (Phi) is 2.07. The third kappa shape index (κ3) is 1.31. The Balaban J connectivity index is 3.05. The molecule has 0 spiro atoms. The predicted molar refractivity (Wildman–Crippen MR) is 37.3 cm³/mol. The van der Waals surface area contributed by atoms with E-state index in [0.29, 0.717) is 12.0 Å². The Morgan fingerprint density at radius 2 is 2.27 bits per heavy atom. The lowest BCUT2D eigenvalue weighted by atomic mass is 10.2. The average Bonchev–Trinajstić information content (AvgIpc) is 2.30. The minimum absolute atomic E-state index is 0.162. The Morgan fingerprint density at radius 3 is 2.64 bits per heavy atom. The summed E-state index contributed by atoms with van der Waals surface area (Å²) in [4.78, 5) is 0. The second kappa shape index (κ2) is 2.86. The first-order valence-electron chi connectivity index (χ1n) is 3.27. The number of hydrogen-bond acceptors (Lipinski definition) is 2. The lowest BCUT2D eigenvalue weighted by molar-refractivity contribution is 0.145. The van der Waals surface area contributed by atoms with E-state index < -0.39 is 6.43 Å². The largest absolute Gasteiger partial charge is 0.382 e. The van der Waals surface area contributed by atoms with Crippen LogP contribution in [-0.2, 0) is 6.42 Å². The van der Waals surface area contributed by atoms with E-state index in [9.17, 15) is 8.78 Å². The minimum Gasteiger partial charge on any atom is -0.382 e. The Bertz CT molecular complexity index is 244. The summed E-state index contributed by atoms with van der Waals surface area (Å²) in [6, 6.07) is 0. The third-order valence-electron chi connectivity index (χ3n) is 1.50. The predicted octanol–water partition coefficient (Wildman–Crippen LogP) is 1.49. The molecule has 3 N–H and O–H groups in total. The quantitative estimate of drug-likeness (QED) is 0.690.